The number of non-ortho nitro benzene ring substituents is 1. The minimum Gasteiger partial charge on any atom is -0.292 e. The van der Waals surface area contributed by atoms with E-state index in [9.17, 15) is 23.3 Å². The van der Waals surface area contributed by atoms with Gasteiger partial charge in [-0.15, -0.1) is 0 Å². The van der Waals surface area contributed by atoms with Gasteiger partial charge in [-0.05, 0) is 19.9 Å². The van der Waals surface area contributed by atoms with Crippen LogP contribution in [0, 0.1) is 10.1 Å². The predicted octanol–water partition coefficient (Wildman–Crippen LogP) is 1.34. The smallest absolute Gasteiger partial charge is 0.270 e. The molecule has 1 aromatic rings. The van der Waals surface area contributed by atoms with E-state index in [0.717, 1.165) is 18.2 Å². The Kier molecular flexibility index (Phi) is 2.16. The van der Waals surface area contributed by atoms with Gasteiger partial charge in [-0.2, -0.15) is 0 Å². The molecular formula is C10H9NO5S. The van der Waals surface area contributed by atoms with Gasteiger partial charge in [0.1, 0.15) is 4.75 Å². The molecule has 0 amide bonds. The average Bonchev–Trinajstić information content (AvgIpc) is 2.38. The number of fused-ring (bicyclic) bond motifs is 1. The van der Waals surface area contributed by atoms with Crippen molar-refractivity contribution in [3.05, 3.63) is 33.9 Å². The minimum atomic E-state index is -3.75. The molecule has 0 N–H and O–H groups in total. The monoisotopic (exact) mass is 255 g/mol. The highest BCUT2D eigenvalue weighted by Gasteiger charge is 2.51. The number of nitrogens with zero attached hydrogens (tertiary/aromatic N) is 1. The zero-order valence-corrected chi connectivity index (χ0v) is 9.95. The third-order valence-electron chi connectivity index (χ3n) is 2.93. The van der Waals surface area contributed by atoms with E-state index in [4.69, 9.17) is 0 Å². The number of Topliss-reactive ketones (excluding diaryl/α,β-unsaturated/α-hetero) is 1. The van der Waals surface area contributed by atoms with Gasteiger partial charge in [-0.3, -0.25) is 14.9 Å². The Balaban J connectivity index is 2.79. The summed E-state index contributed by atoms with van der Waals surface area (Å²) in [6.45, 7) is 2.60. The van der Waals surface area contributed by atoms with Crippen LogP contribution in [0.25, 0.3) is 0 Å². The lowest BCUT2D eigenvalue weighted by Crippen LogP contribution is -2.33. The first-order valence-electron chi connectivity index (χ1n) is 4.77. The summed E-state index contributed by atoms with van der Waals surface area (Å²) in [5, 5.41) is 10.6. The Morgan fingerprint density at radius 2 is 1.88 bits per heavy atom. The molecule has 0 radical (unpaired) electrons. The molecule has 0 saturated heterocycles. The van der Waals surface area contributed by atoms with Gasteiger partial charge in [0.25, 0.3) is 5.69 Å². The number of hydrogen-bond donors (Lipinski definition) is 0. The molecule has 0 spiro atoms. The second-order valence-corrected chi connectivity index (χ2v) is 6.75. The zero-order chi connectivity index (χ0) is 13.0. The quantitative estimate of drug-likeness (QED) is 0.557. The maximum absolute atomic E-state index is 12.0. The molecule has 0 saturated carbocycles. The summed E-state index contributed by atoms with van der Waals surface area (Å²) in [7, 11) is -3.75. The fourth-order valence-electron chi connectivity index (χ4n) is 1.76. The van der Waals surface area contributed by atoms with Crippen molar-refractivity contribution in [2.75, 3.05) is 0 Å². The molecule has 0 aliphatic carbocycles. The van der Waals surface area contributed by atoms with Gasteiger partial charge in [0.05, 0.1) is 9.82 Å². The van der Waals surface area contributed by atoms with Gasteiger partial charge in [-0.25, -0.2) is 8.42 Å². The maximum Gasteiger partial charge on any atom is 0.270 e. The van der Waals surface area contributed by atoms with Crippen molar-refractivity contribution in [1.29, 1.82) is 0 Å². The molecule has 0 bridgehead atoms. The molecule has 17 heavy (non-hydrogen) atoms. The van der Waals surface area contributed by atoms with E-state index in [0.29, 0.717) is 0 Å². The number of rotatable bonds is 1. The highest BCUT2D eigenvalue weighted by atomic mass is 32.2. The number of carbonyl (C=O) groups excluding carboxylic acids is 1. The molecule has 0 atom stereocenters. The zero-order valence-electron chi connectivity index (χ0n) is 9.13. The van der Waals surface area contributed by atoms with Crippen molar-refractivity contribution in [3.8, 4) is 0 Å². The van der Waals surface area contributed by atoms with Gasteiger partial charge in [0.2, 0.25) is 0 Å². The molecular weight excluding hydrogens is 246 g/mol. The topological polar surface area (TPSA) is 94.3 Å². The van der Waals surface area contributed by atoms with Crippen LogP contribution in [-0.4, -0.2) is 23.9 Å². The fourth-order valence-corrected chi connectivity index (χ4v) is 3.36. The SMILES string of the molecule is CC1(C)C(=O)c2cc([N+](=O)[O-])ccc2S1(=O)=O. The van der Waals surface area contributed by atoms with Crippen LogP contribution >= 0.6 is 0 Å². The molecule has 0 fully saturated rings. The van der Waals surface area contributed by atoms with Crippen LogP contribution in [0.3, 0.4) is 0 Å². The second kappa shape index (κ2) is 3.13. The summed E-state index contributed by atoms with van der Waals surface area (Å²) in [5.41, 5.74) is -0.380. The summed E-state index contributed by atoms with van der Waals surface area (Å²) in [6.07, 6.45) is 0. The van der Waals surface area contributed by atoms with E-state index >= 15 is 0 Å². The highest BCUT2D eigenvalue weighted by Crippen LogP contribution is 2.39. The highest BCUT2D eigenvalue weighted by molar-refractivity contribution is 7.94. The number of sulfone groups is 1. The fraction of sp³-hybridized carbons (Fsp3) is 0.300. The molecule has 1 heterocycles. The second-order valence-electron chi connectivity index (χ2n) is 4.28. The third kappa shape index (κ3) is 1.32. The summed E-state index contributed by atoms with van der Waals surface area (Å²) in [6, 6.07) is 3.23. The standard InChI is InChI=1S/C10H9NO5S/c1-10(2)9(12)7-5-6(11(13)14)3-4-8(7)17(10,15)16/h3-5H,1-2H3. The predicted molar refractivity (Wildman–Crippen MR) is 58.7 cm³/mol. The van der Waals surface area contributed by atoms with Crippen LogP contribution < -0.4 is 0 Å². The van der Waals surface area contributed by atoms with Crippen molar-refractivity contribution < 1.29 is 18.1 Å². The third-order valence-corrected chi connectivity index (χ3v) is 5.39. The average molecular weight is 255 g/mol. The molecule has 1 aromatic carbocycles. The molecule has 90 valence electrons. The largest absolute Gasteiger partial charge is 0.292 e. The number of benzene rings is 1. The van der Waals surface area contributed by atoms with E-state index < -0.39 is 25.3 Å². The molecule has 0 unspecified atom stereocenters. The number of carbonyl (C=O) groups is 1. The summed E-state index contributed by atoms with van der Waals surface area (Å²) < 4.78 is 22.5. The number of nitro benzene ring substituents is 1. The summed E-state index contributed by atoms with van der Waals surface area (Å²) in [5.74, 6) is -0.601. The van der Waals surface area contributed by atoms with Crippen molar-refractivity contribution in [2.45, 2.75) is 23.5 Å². The van der Waals surface area contributed by atoms with Gasteiger partial charge < -0.3 is 0 Å². The first-order valence-corrected chi connectivity index (χ1v) is 6.26. The molecule has 2 rings (SSSR count). The minimum absolute atomic E-state index is 0.0933. The van der Waals surface area contributed by atoms with E-state index in [2.05, 4.69) is 0 Å². The Morgan fingerprint density at radius 1 is 1.29 bits per heavy atom. The van der Waals surface area contributed by atoms with Crippen LogP contribution in [0.1, 0.15) is 24.2 Å². The van der Waals surface area contributed by atoms with Gasteiger partial charge in [0.15, 0.2) is 15.6 Å². The molecule has 1 aliphatic rings. The lowest BCUT2D eigenvalue weighted by atomic mass is 10.0. The lowest BCUT2D eigenvalue weighted by molar-refractivity contribution is -0.384. The maximum atomic E-state index is 12.0. The number of nitro groups is 1. The normalized spacial score (nSPS) is 20.0. The van der Waals surface area contributed by atoms with Crippen molar-refractivity contribution >= 4 is 21.3 Å². The van der Waals surface area contributed by atoms with Crippen LogP contribution in [-0.2, 0) is 9.84 Å². The first-order chi connectivity index (χ1) is 7.69. The molecule has 7 heteroatoms. The van der Waals surface area contributed by atoms with Crippen molar-refractivity contribution in [2.24, 2.45) is 0 Å². The summed E-state index contributed by atoms with van der Waals surface area (Å²) in [4.78, 5) is 21.7. The molecule has 1 aliphatic heterocycles. The number of hydrogen-bond acceptors (Lipinski definition) is 5. The molecule has 0 aromatic heterocycles. The van der Waals surface area contributed by atoms with E-state index in [1.807, 2.05) is 0 Å². The summed E-state index contributed by atoms with van der Waals surface area (Å²) >= 11 is 0. The van der Waals surface area contributed by atoms with Crippen LogP contribution in [0.2, 0.25) is 0 Å². The van der Waals surface area contributed by atoms with Crippen molar-refractivity contribution in [3.63, 3.8) is 0 Å². The number of ketones is 1. The van der Waals surface area contributed by atoms with Crippen LogP contribution in [0.15, 0.2) is 23.1 Å². The van der Waals surface area contributed by atoms with Gasteiger partial charge in [-0.1, -0.05) is 0 Å². The Bertz CT molecular complexity index is 645. The van der Waals surface area contributed by atoms with E-state index in [1.54, 1.807) is 0 Å². The van der Waals surface area contributed by atoms with Crippen LogP contribution in [0.5, 0.6) is 0 Å². The molecule has 6 nitrogen and oxygen atoms in total. The Hall–Kier alpha value is -1.76. The first kappa shape index (κ1) is 11.7. The van der Waals surface area contributed by atoms with Crippen LogP contribution in [0.4, 0.5) is 5.69 Å². The van der Waals surface area contributed by atoms with Gasteiger partial charge in [0, 0.05) is 17.7 Å². The van der Waals surface area contributed by atoms with E-state index in [1.165, 1.54) is 13.8 Å². The lowest BCUT2D eigenvalue weighted by Gasteiger charge is -2.13. The van der Waals surface area contributed by atoms with E-state index in [-0.39, 0.29) is 16.1 Å². The Labute approximate surface area is 97.3 Å². The van der Waals surface area contributed by atoms with Crippen molar-refractivity contribution in [1.82, 2.24) is 0 Å². The van der Waals surface area contributed by atoms with Gasteiger partial charge >= 0.3 is 0 Å². The Morgan fingerprint density at radius 3 is 2.41 bits per heavy atom.